The molecule has 3 rings (SSSR count). The van der Waals surface area contributed by atoms with Gasteiger partial charge in [-0.05, 0) is 56.2 Å². The number of nitriles is 1. The first kappa shape index (κ1) is 19.4. The highest BCUT2D eigenvalue weighted by Crippen LogP contribution is 2.26. The molecular formula is C22H19ClN4O. The summed E-state index contributed by atoms with van der Waals surface area (Å²) in [6.07, 6.45) is 1.48. The van der Waals surface area contributed by atoms with Gasteiger partial charge in [-0.15, -0.1) is 0 Å². The largest absolute Gasteiger partial charge is 0.321 e. The third kappa shape index (κ3) is 3.83. The van der Waals surface area contributed by atoms with Gasteiger partial charge in [0.15, 0.2) is 0 Å². The van der Waals surface area contributed by atoms with Crippen molar-refractivity contribution >= 4 is 29.3 Å². The molecule has 0 aliphatic heterocycles. The summed E-state index contributed by atoms with van der Waals surface area (Å²) in [6, 6.07) is 17.0. The molecule has 6 heteroatoms. The van der Waals surface area contributed by atoms with Gasteiger partial charge < -0.3 is 5.32 Å². The highest BCUT2D eigenvalue weighted by molar-refractivity contribution is 6.31. The Bertz CT molecular complexity index is 1110. The van der Waals surface area contributed by atoms with Crippen LogP contribution >= 0.6 is 11.6 Å². The van der Waals surface area contributed by atoms with E-state index in [1.165, 1.54) is 6.08 Å². The Hall–Kier alpha value is -3.36. The Morgan fingerprint density at radius 2 is 1.86 bits per heavy atom. The van der Waals surface area contributed by atoms with E-state index in [-0.39, 0.29) is 5.57 Å². The summed E-state index contributed by atoms with van der Waals surface area (Å²) in [5, 5.41) is 17.1. The van der Waals surface area contributed by atoms with Crippen LogP contribution in [0.25, 0.3) is 11.8 Å². The van der Waals surface area contributed by atoms with Gasteiger partial charge in [-0.1, -0.05) is 41.9 Å². The quantitative estimate of drug-likeness (QED) is 0.503. The van der Waals surface area contributed by atoms with Crippen LogP contribution in [0.2, 0.25) is 5.15 Å². The van der Waals surface area contributed by atoms with Crippen LogP contribution in [-0.2, 0) is 4.79 Å². The molecule has 1 heterocycles. The molecule has 0 saturated carbocycles. The molecule has 0 aliphatic carbocycles. The molecule has 0 fully saturated rings. The van der Waals surface area contributed by atoms with Gasteiger partial charge in [-0.25, -0.2) is 4.68 Å². The SMILES string of the molecule is Cc1cccc(NC(=O)/C(C#N)=C/c2c(C)nn(-c3ccccc3)c2Cl)c1C. The van der Waals surface area contributed by atoms with Crippen LogP contribution in [-0.4, -0.2) is 15.7 Å². The van der Waals surface area contributed by atoms with Crippen molar-refractivity contribution in [1.82, 2.24) is 9.78 Å². The highest BCUT2D eigenvalue weighted by atomic mass is 35.5. The van der Waals surface area contributed by atoms with Crippen molar-refractivity contribution in [3.8, 4) is 11.8 Å². The Morgan fingerprint density at radius 1 is 1.14 bits per heavy atom. The lowest BCUT2D eigenvalue weighted by molar-refractivity contribution is -0.112. The van der Waals surface area contributed by atoms with E-state index >= 15 is 0 Å². The number of rotatable bonds is 4. The maximum absolute atomic E-state index is 12.6. The predicted octanol–water partition coefficient (Wildman–Crippen LogP) is 5.00. The van der Waals surface area contributed by atoms with Gasteiger partial charge >= 0.3 is 0 Å². The fourth-order valence-electron chi connectivity index (χ4n) is 2.78. The summed E-state index contributed by atoms with van der Waals surface area (Å²) < 4.78 is 1.58. The number of nitrogens with one attached hydrogen (secondary N) is 1. The molecule has 0 spiro atoms. The second-order valence-electron chi connectivity index (χ2n) is 6.41. The molecule has 1 N–H and O–H groups in total. The van der Waals surface area contributed by atoms with Crippen LogP contribution in [0.5, 0.6) is 0 Å². The van der Waals surface area contributed by atoms with Crippen molar-refractivity contribution < 1.29 is 4.79 Å². The van der Waals surface area contributed by atoms with Crippen LogP contribution < -0.4 is 5.32 Å². The summed E-state index contributed by atoms with van der Waals surface area (Å²) in [6.45, 7) is 5.67. The number of halogens is 1. The molecule has 0 bridgehead atoms. The normalized spacial score (nSPS) is 11.2. The maximum atomic E-state index is 12.6. The number of nitrogens with zero attached hydrogens (tertiary/aromatic N) is 3. The molecule has 1 amide bonds. The molecule has 28 heavy (non-hydrogen) atoms. The van der Waals surface area contributed by atoms with Gasteiger partial charge in [0.25, 0.3) is 5.91 Å². The number of hydrogen-bond donors (Lipinski definition) is 1. The minimum absolute atomic E-state index is 0.0430. The first-order valence-corrected chi connectivity index (χ1v) is 9.10. The first-order chi connectivity index (χ1) is 13.4. The Labute approximate surface area is 168 Å². The van der Waals surface area contributed by atoms with Gasteiger partial charge in [0.2, 0.25) is 0 Å². The van der Waals surface area contributed by atoms with E-state index in [0.29, 0.717) is 22.1 Å². The topological polar surface area (TPSA) is 70.7 Å². The van der Waals surface area contributed by atoms with Gasteiger partial charge in [0, 0.05) is 11.3 Å². The average Bonchev–Trinajstić information content (AvgIpc) is 2.98. The van der Waals surface area contributed by atoms with Crippen molar-refractivity contribution in [2.75, 3.05) is 5.32 Å². The van der Waals surface area contributed by atoms with Crippen molar-refractivity contribution in [3.63, 3.8) is 0 Å². The Kier molecular flexibility index (Phi) is 5.62. The highest BCUT2D eigenvalue weighted by Gasteiger charge is 2.17. The number of aryl methyl sites for hydroxylation is 2. The monoisotopic (exact) mass is 390 g/mol. The smallest absolute Gasteiger partial charge is 0.266 e. The molecular weight excluding hydrogens is 372 g/mol. The number of carbonyl (C=O) groups excluding carboxylic acids is 1. The predicted molar refractivity (Wildman–Crippen MR) is 111 cm³/mol. The van der Waals surface area contributed by atoms with Crippen molar-refractivity contribution in [1.29, 1.82) is 5.26 Å². The molecule has 140 valence electrons. The van der Waals surface area contributed by atoms with E-state index in [4.69, 9.17) is 11.6 Å². The van der Waals surface area contributed by atoms with Gasteiger partial charge in [-0.2, -0.15) is 10.4 Å². The summed E-state index contributed by atoms with van der Waals surface area (Å²) in [5.74, 6) is -0.487. The number of para-hydroxylation sites is 1. The van der Waals surface area contributed by atoms with Gasteiger partial charge in [0.05, 0.1) is 11.4 Å². The van der Waals surface area contributed by atoms with Gasteiger partial charge in [-0.3, -0.25) is 4.79 Å². The second kappa shape index (κ2) is 8.12. The van der Waals surface area contributed by atoms with Crippen LogP contribution in [0.1, 0.15) is 22.4 Å². The van der Waals surface area contributed by atoms with Gasteiger partial charge in [0.1, 0.15) is 16.8 Å². The van der Waals surface area contributed by atoms with E-state index in [0.717, 1.165) is 16.8 Å². The third-order valence-electron chi connectivity index (χ3n) is 4.56. The van der Waals surface area contributed by atoms with Crippen molar-refractivity contribution in [2.45, 2.75) is 20.8 Å². The van der Waals surface area contributed by atoms with E-state index < -0.39 is 5.91 Å². The molecule has 0 unspecified atom stereocenters. The standard InChI is InChI=1S/C22H19ClN4O/c1-14-8-7-11-20(15(14)2)25-22(28)17(13-24)12-19-16(3)26-27(21(19)23)18-9-5-4-6-10-18/h4-12H,1-3H3,(H,25,28)/b17-12+. The maximum Gasteiger partial charge on any atom is 0.266 e. The van der Waals surface area contributed by atoms with E-state index in [1.807, 2.05) is 62.4 Å². The minimum Gasteiger partial charge on any atom is -0.321 e. The molecule has 5 nitrogen and oxygen atoms in total. The minimum atomic E-state index is -0.487. The van der Waals surface area contributed by atoms with Crippen LogP contribution in [0.15, 0.2) is 54.1 Å². The lowest BCUT2D eigenvalue weighted by Crippen LogP contribution is -2.14. The third-order valence-corrected chi connectivity index (χ3v) is 4.92. The molecule has 2 aromatic carbocycles. The molecule has 0 atom stereocenters. The fourth-order valence-corrected chi connectivity index (χ4v) is 3.11. The van der Waals surface area contributed by atoms with E-state index in [1.54, 1.807) is 17.7 Å². The number of carbonyl (C=O) groups is 1. The van der Waals surface area contributed by atoms with Crippen LogP contribution in [0, 0.1) is 32.1 Å². The number of benzene rings is 2. The number of hydrogen-bond acceptors (Lipinski definition) is 3. The van der Waals surface area contributed by atoms with Crippen molar-refractivity contribution in [3.05, 3.63) is 81.6 Å². The summed E-state index contributed by atoms with van der Waals surface area (Å²) in [5.41, 5.74) is 4.61. The number of aromatic nitrogens is 2. The lowest BCUT2D eigenvalue weighted by atomic mass is 10.1. The van der Waals surface area contributed by atoms with E-state index in [2.05, 4.69) is 10.4 Å². The zero-order valence-corrected chi connectivity index (χ0v) is 16.6. The molecule has 1 aromatic heterocycles. The zero-order chi connectivity index (χ0) is 20.3. The Balaban J connectivity index is 1.95. The molecule has 0 aliphatic rings. The van der Waals surface area contributed by atoms with E-state index in [9.17, 15) is 10.1 Å². The number of amides is 1. The fraction of sp³-hybridized carbons (Fsp3) is 0.136. The summed E-state index contributed by atoms with van der Waals surface area (Å²) in [7, 11) is 0. The summed E-state index contributed by atoms with van der Waals surface area (Å²) >= 11 is 6.49. The number of anilines is 1. The summed E-state index contributed by atoms with van der Waals surface area (Å²) in [4.78, 5) is 12.6. The Morgan fingerprint density at radius 3 is 2.54 bits per heavy atom. The van der Waals surface area contributed by atoms with Crippen LogP contribution in [0.3, 0.4) is 0 Å². The molecule has 0 radical (unpaired) electrons. The zero-order valence-electron chi connectivity index (χ0n) is 15.8. The molecule has 0 saturated heterocycles. The first-order valence-electron chi connectivity index (χ1n) is 8.72. The second-order valence-corrected chi connectivity index (χ2v) is 6.77. The van der Waals surface area contributed by atoms with Crippen LogP contribution in [0.4, 0.5) is 5.69 Å². The lowest BCUT2D eigenvalue weighted by Gasteiger charge is -2.09. The molecule has 3 aromatic rings. The average molecular weight is 391 g/mol. The van der Waals surface area contributed by atoms with Crippen molar-refractivity contribution in [2.24, 2.45) is 0 Å².